The molecule has 0 amide bonds. The molecule has 0 unspecified atom stereocenters. The van der Waals surface area contributed by atoms with Crippen molar-refractivity contribution in [2.45, 2.75) is 26.1 Å². The Morgan fingerprint density at radius 1 is 1.36 bits per heavy atom. The molecule has 0 radical (unpaired) electrons. The fourth-order valence-corrected chi connectivity index (χ4v) is 2.50. The summed E-state index contributed by atoms with van der Waals surface area (Å²) in [6.45, 7) is 4.24. The highest BCUT2D eigenvalue weighted by molar-refractivity contribution is 5.40. The molecule has 3 nitrogen and oxygen atoms in total. The lowest BCUT2D eigenvalue weighted by Crippen LogP contribution is -2.25. The summed E-state index contributed by atoms with van der Waals surface area (Å²) in [6.07, 6.45) is 3.21. The third-order valence-corrected chi connectivity index (χ3v) is 3.19. The van der Waals surface area contributed by atoms with Crippen LogP contribution in [0, 0.1) is 0 Å². The van der Waals surface area contributed by atoms with E-state index in [0.29, 0.717) is 0 Å². The second-order valence-corrected chi connectivity index (χ2v) is 4.29. The Bertz CT molecular complexity index is 373. The molecule has 3 heterocycles. The molecule has 0 spiro atoms. The first-order valence-corrected chi connectivity index (χ1v) is 5.22. The second kappa shape index (κ2) is 3.04. The molecule has 2 aliphatic heterocycles. The molecule has 74 valence electrons. The predicted molar refractivity (Wildman–Crippen MR) is 54.8 cm³/mol. The van der Waals surface area contributed by atoms with E-state index in [1.54, 1.807) is 5.56 Å². The van der Waals surface area contributed by atoms with Gasteiger partial charge in [-0.25, -0.2) is 0 Å². The molecule has 0 aromatic carbocycles. The van der Waals surface area contributed by atoms with Gasteiger partial charge in [0.2, 0.25) is 0 Å². The number of hydrogen-bond acceptors (Lipinski definition) is 3. The molecule has 0 atom stereocenters. The van der Waals surface area contributed by atoms with Crippen LogP contribution in [-0.4, -0.2) is 23.5 Å². The highest BCUT2D eigenvalue weighted by Gasteiger charge is 2.22. The molecule has 1 aromatic rings. The summed E-state index contributed by atoms with van der Waals surface area (Å²) in [4.78, 5) is 6.89. The van der Waals surface area contributed by atoms with Gasteiger partial charge >= 0.3 is 0 Å². The third-order valence-electron chi connectivity index (χ3n) is 3.19. The highest BCUT2D eigenvalue weighted by atomic mass is 15.1. The second-order valence-electron chi connectivity index (χ2n) is 4.29. The minimum Gasteiger partial charge on any atom is -0.311 e. The van der Waals surface area contributed by atoms with Crippen LogP contribution in [0.2, 0.25) is 0 Å². The zero-order valence-electron chi connectivity index (χ0n) is 8.51. The van der Waals surface area contributed by atoms with Gasteiger partial charge in [-0.2, -0.15) is 0 Å². The number of hydrogen-bond donors (Lipinski definition) is 1. The Morgan fingerprint density at radius 3 is 3.21 bits per heavy atom. The Kier molecular flexibility index (Phi) is 1.82. The van der Waals surface area contributed by atoms with Gasteiger partial charge in [0.05, 0.1) is 5.69 Å². The number of fused-ring (bicyclic) bond motifs is 3. The van der Waals surface area contributed by atoms with Gasteiger partial charge in [-0.1, -0.05) is 0 Å². The molecule has 0 aliphatic carbocycles. The molecule has 0 saturated carbocycles. The van der Waals surface area contributed by atoms with Crippen molar-refractivity contribution < 1.29 is 0 Å². The topological polar surface area (TPSA) is 28.2 Å². The van der Waals surface area contributed by atoms with E-state index in [-0.39, 0.29) is 0 Å². The standard InChI is InChI=1S/C11H15N3/c1-14-6-8-4-13-11-5-12-3-2-9(11)10(8)7-14/h4,12H,2-3,5-7H2,1H3. The lowest BCUT2D eigenvalue weighted by molar-refractivity contribution is 0.352. The van der Waals surface area contributed by atoms with Crippen LogP contribution in [0.3, 0.4) is 0 Å². The lowest BCUT2D eigenvalue weighted by Gasteiger charge is -2.18. The minimum atomic E-state index is 0.951. The number of rotatable bonds is 0. The first-order chi connectivity index (χ1) is 6.84. The Balaban J connectivity index is 2.11. The zero-order valence-corrected chi connectivity index (χ0v) is 8.51. The summed E-state index contributed by atoms with van der Waals surface area (Å²) < 4.78 is 0. The van der Waals surface area contributed by atoms with Crippen molar-refractivity contribution in [1.29, 1.82) is 0 Å². The van der Waals surface area contributed by atoms with E-state index in [9.17, 15) is 0 Å². The molecule has 1 N–H and O–H groups in total. The lowest BCUT2D eigenvalue weighted by atomic mass is 9.98. The van der Waals surface area contributed by atoms with Gasteiger partial charge in [-0.15, -0.1) is 0 Å². The molecule has 2 aliphatic rings. The molecule has 0 bridgehead atoms. The number of aromatic nitrogens is 1. The van der Waals surface area contributed by atoms with Gasteiger partial charge in [0, 0.05) is 25.8 Å². The van der Waals surface area contributed by atoms with E-state index in [1.165, 1.54) is 16.8 Å². The Labute approximate surface area is 84.1 Å². The summed E-state index contributed by atoms with van der Waals surface area (Å²) in [5, 5.41) is 3.37. The number of nitrogens with one attached hydrogen (secondary N) is 1. The fourth-order valence-electron chi connectivity index (χ4n) is 2.50. The van der Waals surface area contributed by atoms with Gasteiger partial charge < -0.3 is 5.32 Å². The molecule has 0 saturated heterocycles. The molecule has 3 rings (SSSR count). The highest BCUT2D eigenvalue weighted by Crippen LogP contribution is 2.27. The number of nitrogens with zero attached hydrogens (tertiary/aromatic N) is 2. The normalized spacial score (nSPS) is 20.6. The average Bonchev–Trinajstić information content (AvgIpc) is 2.59. The maximum Gasteiger partial charge on any atom is 0.0577 e. The van der Waals surface area contributed by atoms with Gasteiger partial charge in [-0.3, -0.25) is 9.88 Å². The van der Waals surface area contributed by atoms with Gasteiger partial charge in [0.25, 0.3) is 0 Å². The van der Waals surface area contributed by atoms with Crippen molar-refractivity contribution in [3.8, 4) is 0 Å². The van der Waals surface area contributed by atoms with Gasteiger partial charge in [0.15, 0.2) is 0 Å². The summed E-state index contributed by atoms with van der Waals surface area (Å²) >= 11 is 0. The van der Waals surface area contributed by atoms with E-state index in [4.69, 9.17) is 0 Å². The van der Waals surface area contributed by atoms with E-state index in [0.717, 1.165) is 32.6 Å². The van der Waals surface area contributed by atoms with Crippen LogP contribution >= 0.6 is 0 Å². The zero-order chi connectivity index (χ0) is 9.54. The Morgan fingerprint density at radius 2 is 2.29 bits per heavy atom. The van der Waals surface area contributed by atoms with Crippen LogP contribution in [0.25, 0.3) is 0 Å². The van der Waals surface area contributed by atoms with E-state index < -0.39 is 0 Å². The summed E-state index contributed by atoms with van der Waals surface area (Å²) in [5.41, 5.74) is 5.78. The van der Waals surface area contributed by atoms with Crippen molar-refractivity contribution in [3.63, 3.8) is 0 Å². The van der Waals surface area contributed by atoms with E-state index >= 15 is 0 Å². The largest absolute Gasteiger partial charge is 0.311 e. The van der Waals surface area contributed by atoms with Crippen LogP contribution < -0.4 is 5.32 Å². The third kappa shape index (κ3) is 1.16. The Hall–Kier alpha value is -0.930. The SMILES string of the molecule is CN1Cc2cnc3c(c2C1)CCNC3. The maximum atomic E-state index is 4.54. The fraction of sp³-hybridized carbons (Fsp3) is 0.545. The summed E-state index contributed by atoms with van der Waals surface area (Å²) in [5.74, 6) is 0. The molecular formula is C11H15N3. The van der Waals surface area contributed by atoms with Crippen LogP contribution in [0.1, 0.15) is 22.4 Å². The number of pyridine rings is 1. The van der Waals surface area contributed by atoms with E-state index in [1.807, 2.05) is 0 Å². The summed E-state index contributed by atoms with van der Waals surface area (Å²) in [7, 11) is 2.17. The van der Waals surface area contributed by atoms with Crippen molar-refractivity contribution >= 4 is 0 Å². The van der Waals surface area contributed by atoms with Crippen LogP contribution in [-0.2, 0) is 26.1 Å². The van der Waals surface area contributed by atoms with Gasteiger partial charge in [0.1, 0.15) is 0 Å². The minimum absolute atomic E-state index is 0.951. The van der Waals surface area contributed by atoms with Crippen LogP contribution in [0.4, 0.5) is 0 Å². The quantitative estimate of drug-likeness (QED) is 0.650. The molecule has 14 heavy (non-hydrogen) atoms. The van der Waals surface area contributed by atoms with E-state index in [2.05, 4.69) is 28.4 Å². The first kappa shape index (κ1) is 8.38. The smallest absolute Gasteiger partial charge is 0.0577 e. The predicted octanol–water partition coefficient (Wildman–Crippen LogP) is 0.673. The van der Waals surface area contributed by atoms with Crippen LogP contribution in [0.5, 0.6) is 0 Å². The van der Waals surface area contributed by atoms with Crippen molar-refractivity contribution in [2.24, 2.45) is 0 Å². The van der Waals surface area contributed by atoms with Crippen LogP contribution in [0.15, 0.2) is 6.20 Å². The summed E-state index contributed by atoms with van der Waals surface area (Å²) in [6, 6.07) is 0. The first-order valence-electron chi connectivity index (χ1n) is 5.22. The van der Waals surface area contributed by atoms with Gasteiger partial charge in [-0.05, 0) is 36.7 Å². The molecule has 0 fully saturated rings. The van der Waals surface area contributed by atoms with Crippen molar-refractivity contribution in [2.75, 3.05) is 13.6 Å². The van der Waals surface area contributed by atoms with Crippen molar-refractivity contribution in [1.82, 2.24) is 15.2 Å². The molecule has 3 heteroatoms. The maximum absolute atomic E-state index is 4.54. The monoisotopic (exact) mass is 189 g/mol. The average molecular weight is 189 g/mol. The van der Waals surface area contributed by atoms with Crippen molar-refractivity contribution in [3.05, 3.63) is 28.6 Å². The molecular weight excluding hydrogens is 174 g/mol. The molecule has 1 aromatic heterocycles.